The molecule has 1 aliphatic rings. The van der Waals surface area contributed by atoms with E-state index in [0.29, 0.717) is 5.02 Å². The quantitative estimate of drug-likeness (QED) is 0.751. The third-order valence-corrected chi connectivity index (χ3v) is 4.40. The SMILES string of the molecule is CC(NC(=O)c1cccc(Cl)c1Cl)C(=O)NC1CCCNC1.Cl. The van der Waals surface area contributed by atoms with Gasteiger partial charge in [0.25, 0.3) is 5.91 Å². The molecule has 0 bridgehead atoms. The molecule has 1 saturated heterocycles. The second-order valence-electron chi connectivity index (χ2n) is 5.35. The minimum Gasteiger partial charge on any atom is -0.350 e. The number of hydrogen-bond donors (Lipinski definition) is 3. The highest BCUT2D eigenvalue weighted by Gasteiger charge is 2.22. The van der Waals surface area contributed by atoms with Gasteiger partial charge in [-0.1, -0.05) is 29.3 Å². The molecule has 1 fully saturated rings. The summed E-state index contributed by atoms with van der Waals surface area (Å²) in [5.41, 5.74) is 0.258. The minimum atomic E-state index is -0.649. The van der Waals surface area contributed by atoms with Gasteiger partial charge in [-0.25, -0.2) is 0 Å². The van der Waals surface area contributed by atoms with Crippen LogP contribution in [0.15, 0.2) is 18.2 Å². The van der Waals surface area contributed by atoms with E-state index in [9.17, 15) is 9.59 Å². The average molecular weight is 381 g/mol. The lowest BCUT2D eigenvalue weighted by Gasteiger charge is -2.25. The van der Waals surface area contributed by atoms with Gasteiger partial charge >= 0.3 is 0 Å². The van der Waals surface area contributed by atoms with Crippen molar-refractivity contribution in [3.8, 4) is 0 Å². The molecule has 2 amide bonds. The molecule has 0 spiro atoms. The van der Waals surface area contributed by atoms with Crippen molar-refractivity contribution < 1.29 is 9.59 Å². The number of hydrogen-bond acceptors (Lipinski definition) is 3. The van der Waals surface area contributed by atoms with Gasteiger partial charge in [0.1, 0.15) is 6.04 Å². The van der Waals surface area contributed by atoms with Crippen LogP contribution in [0.4, 0.5) is 0 Å². The van der Waals surface area contributed by atoms with E-state index < -0.39 is 11.9 Å². The summed E-state index contributed by atoms with van der Waals surface area (Å²) in [6.07, 6.45) is 1.98. The number of rotatable bonds is 4. The van der Waals surface area contributed by atoms with E-state index in [4.69, 9.17) is 23.2 Å². The van der Waals surface area contributed by atoms with Gasteiger partial charge in [0.05, 0.1) is 15.6 Å². The zero-order valence-corrected chi connectivity index (χ0v) is 15.0. The summed E-state index contributed by atoms with van der Waals surface area (Å²) < 4.78 is 0. The predicted octanol–water partition coefficient (Wildman–Crippen LogP) is 2.40. The van der Waals surface area contributed by atoms with E-state index in [-0.39, 0.29) is 34.9 Å². The highest BCUT2D eigenvalue weighted by molar-refractivity contribution is 6.43. The van der Waals surface area contributed by atoms with Crippen molar-refractivity contribution in [3.05, 3.63) is 33.8 Å². The first kappa shape index (κ1) is 20.0. The molecule has 2 unspecified atom stereocenters. The molecule has 0 aromatic heterocycles. The highest BCUT2D eigenvalue weighted by atomic mass is 35.5. The van der Waals surface area contributed by atoms with Gasteiger partial charge < -0.3 is 16.0 Å². The Balaban J connectivity index is 0.00000264. The summed E-state index contributed by atoms with van der Waals surface area (Å²) in [5, 5.41) is 9.28. The zero-order chi connectivity index (χ0) is 16.1. The molecule has 5 nitrogen and oxygen atoms in total. The normalized spacial score (nSPS) is 18.5. The lowest BCUT2D eigenvalue weighted by Crippen LogP contribution is -2.52. The summed E-state index contributed by atoms with van der Waals surface area (Å²) in [5.74, 6) is -0.628. The monoisotopic (exact) mass is 379 g/mol. The van der Waals surface area contributed by atoms with Crippen LogP contribution in [0.5, 0.6) is 0 Å². The molecular formula is C15H20Cl3N3O2. The third kappa shape index (κ3) is 5.53. The first-order valence-corrected chi connectivity index (χ1v) is 8.00. The zero-order valence-electron chi connectivity index (χ0n) is 12.7. The number of carbonyl (C=O) groups excluding carboxylic acids is 2. The molecular weight excluding hydrogens is 361 g/mol. The van der Waals surface area contributed by atoms with Crippen molar-refractivity contribution in [1.82, 2.24) is 16.0 Å². The van der Waals surface area contributed by atoms with Gasteiger partial charge in [-0.05, 0) is 38.4 Å². The maximum atomic E-state index is 12.2. The largest absolute Gasteiger partial charge is 0.350 e. The summed E-state index contributed by atoms with van der Waals surface area (Å²) in [7, 11) is 0. The van der Waals surface area contributed by atoms with Gasteiger partial charge in [0.2, 0.25) is 5.91 Å². The Kier molecular flexibility index (Phi) is 8.12. The lowest BCUT2D eigenvalue weighted by molar-refractivity contribution is -0.123. The predicted molar refractivity (Wildman–Crippen MR) is 94.7 cm³/mol. The molecule has 1 aliphatic heterocycles. The van der Waals surface area contributed by atoms with Crippen LogP contribution in [0.25, 0.3) is 0 Å². The second-order valence-corrected chi connectivity index (χ2v) is 6.13. The fourth-order valence-electron chi connectivity index (χ4n) is 2.32. The van der Waals surface area contributed by atoms with Crippen LogP contribution in [-0.4, -0.2) is 37.0 Å². The van der Waals surface area contributed by atoms with Crippen LogP contribution in [-0.2, 0) is 4.79 Å². The topological polar surface area (TPSA) is 70.2 Å². The molecule has 0 aliphatic carbocycles. The second kappa shape index (κ2) is 9.33. The maximum Gasteiger partial charge on any atom is 0.253 e. The number of benzene rings is 1. The number of halogens is 3. The van der Waals surface area contributed by atoms with Crippen molar-refractivity contribution in [3.63, 3.8) is 0 Å². The summed E-state index contributed by atoms with van der Waals surface area (Å²) in [6, 6.07) is 4.27. The lowest BCUT2D eigenvalue weighted by atomic mass is 10.1. The fraction of sp³-hybridized carbons (Fsp3) is 0.467. The van der Waals surface area contributed by atoms with Crippen molar-refractivity contribution in [1.29, 1.82) is 0 Å². The van der Waals surface area contributed by atoms with E-state index in [2.05, 4.69) is 16.0 Å². The van der Waals surface area contributed by atoms with Crippen molar-refractivity contribution in [2.75, 3.05) is 13.1 Å². The molecule has 128 valence electrons. The van der Waals surface area contributed by atoms with E-state index in [1.54, 1.807) is 25.1 Å². The minimum absolute atomic E-state index is 0. The smallest absolute Gasteiger partial charge is 0.253 e. The Morgan fingerprint density at radius 1 is 1.35 bits per heavy atom. The first-order chi connectivity index (χ1) is 10.5. The Morgan fingerprint density at radius 2 is 2.09 bits per heavy atom. The summed E-state index contributed by atoms with van der Waals surface area (Å²) >= 11 is 11.9. The Labute approximate surface area is 151 Å². The number of carbonyl (C=O) groups is 2. The average Bonchev–Trinajstić information content (AvgIpc) is 2.50. The summed E-state index contributed by atoms with van der Waals surface area (Å²) in [6.45, 7) is 3.38. The van der Waals surface area contributed by atoms with Crippen LogP contribution < -0.4 is 16.0 Å². The van der Waals surface area contributed by atoms with E-state index in [0.717, 1.165) is 25.9 Å². The molecule has 23 heavy (non-hydrogen) atoms. The Morgan fingerprint density at radius 3 is 2.74 bits per heavy atom. The van der Waals surface area contributed by atoms with Crippen molar-refractivity contribution >= 4 is 47.4 Å². The Bertz CT molecular complexity index is 563. The summed E-state index contributed by atoms with van der Waals surface area (Å²) in [4.78, 5) is 24.3. The van der Waals surface area contributed by atoms with Crippen LogP contribution in [0.2, 0.25) is 10.0 Å². The maximum absolute atomic E-state index is 12.2. The standard InChI is InChI=1S/C15H19Cl2N3O2.ClH/c1-9(14(21)20-10-4-3-7-18-8-10)19-15(22)11-5-2-6-12(16)13(11)17;/h2,5-6,9-10,18H,3-4,7-8H2,1H3,(H,19,22)(H,20,21);1H. The van der Waals surface area contributed by atoms with Gasteiger partial charge in [0.15, 0.2) is 0 Å². The first-order valence-electron chi connectivity index (χ1n) is 7.25. The van der Waals surface area contributed by atoms with E-state index in [1.165, 1.54) is 0 Å². The molecule has 1 aromatic rings. The number of amides is 2. The molecule has 2 rings (SSSR count). The molecule has 0 saturated carbocycles. The fourth-order valence-corrected chi connectivity index (χ4v) is 2.71. The van der Waals surface area contributed by atoms with Gasteiger partial charge in [-0.15, -0.1) is 12.4 Å². The van der Waals surface area contributed by atoms with Crippen LogP contribution in [0.1, 0.15) is 30.1 Å². The van der Waals surface area contributed by atoms with Crippen LogP contribution >= 0.6 is 35.6 Å². The van der Waals surface area contributed by atoms with Gasteiger partial charge in [-0.2, -0.15) is 0 Å². The molecule has 2 atom stereocenters. The van der Waals surface area contributed by atoms with Crippen LogP contribution in [0, 0.1) is 0 Å². The molecule has 1 heterocycles. The molecule has 0 radical (unpaired) electrons. The van der Waals surface area contributed by atoms with E-state index in [1.807, 2.05) is 0 Å². The Hall–Kier alpha value is -1.01. The van der Waals surface area contributed by atoms with Crippen molar-refractivity contribution in [2.24, 2.45) is 0 Å². The molecule has 1 aromatic carbocycles. The molecule has 8 heteroatoms. The number of nitrogens with one attached hydrogen (secondary N) is 3. The van der Waals surface area contributed by atoms with Gasteiger partial charge in [0, 0.05) is 12.6 Å². The van der Waals surface area contributed by atoms with Gasteiger partial charge in [-0.3, -0.25) is 9.59 Å². The third-order valence-electron chi connectivity index (χ3n) is 3.58. The van der Waals surface area contributed by atoms with E-state index >= 15 is 0 Å². The van der Waals surface area contributed by atoms with Crippen LogP contribution in [0.3, 0.4) is 0 Å². The molecule has 3 N–H and O–H groups in total. The number of piperidine rings is 1. The highest BCUT2D eigenvalue weighted by Crippen LogP contribution is 2.25. The van der Waals surface area contributed by atoms with Crippen molar-refractivity contribution in [2.45, 2.75) is 31.8 Å².